The van der Waals surface area contributed by atoms with Crippen molar-refractivity contribution in [3.63, 3.8) is 0 Å². The summed E-state index contributed by atoms with van der Waals surface area (Å²) >= 11 is 0. The SMILES string of the molecule is CC(C)(C)OC(=O)N1CC2(C=C(c3cnc(F)nc3)C2)C1. The van der Waals surface area contributed by atoms with Crippen LogP contribution in [-0.4, -0.2) is 39.7 Å². The second-order valence-corrected chi connectivity index (χ2v) is 6.79. The molecule has 1 amide bonds. The number of nitrogens with zero attached hydrogens (tertiary/aromatic N) is 3. The fourth-order valence-corrected chi connectivity index (χ4v) is 2.76. The summed E-state index contributed by atoms with van der Waals surface area (Å²) in [6.45, 7) is 6.92. The van der Waals surface area contributed by atoms with Crippen molar-refractivity contribution < 1.29 is 13.9 Å². The summed E-state index contributed by atoms with van der Waals surface area (Å²) in [5.74, 6) is 0. The van der Waals surface area contributed by atoms with E-state index in [0.717, 1.165) is 17.6 Å². The lowest BCUT2D eigenvalue weighted by molar-refractivity contribution is -0.0207. The van der Waals surface area contributed by atoms with E-state index in [2.05, 4.69) is 16.0 Å². The van der Waals surface area contributed by atoms with Crippen LogP contribution in [0.2, 0.25) is 0 Å². The first-order chi connectivity index (χ1) is 9.76. The lowest BCUT2D eigenvalue weighted by Crippen LogP contribution is -2.60. The molecule has 2 aliphatic rings. The third-order valence-electron chi connectivity index (χ3n) is 3.68. The number of allylic oxidation sites excluding steroid dienone is 1. The second kappa shape index (κ2) is 4.51. The number of hydrogen-bond donors (Lipinski definition) is 0. The molecule has 3 rings (SSSR count). The largest absolute Gasteiger partial charge is 0.444 e. The zero-order valence-electron chi connectivity index (χ0n) is 12.4. The van der Waals surface area contributed by atoms with Crippen LogP contribution in [-0.2, 0) is 4.74 Å². The molecule has 0 atom stereocenters. The van der Waals surface area contributed by atoms with E-state index >= 15 is 0 Å². The molecule has 1 aromatic rings. The van der Waals surface area contributed by atoms with Crippen LogP contribution in [0, 0.1) is 11.5 Å². The van der Waals surface area contributed by atoms with E-state index in [1.165, 1.54) is 12.4 Å². The predicted molar refractivity (Wildman–Crippen MR) is 74.8 cm³/mol. The molecule has 1 saturated heterocycles. The van der Waals surface area contributed by atoms with Crippen LogP contribution in [0.5, 0.6) is 0 Å². The molecule has 0 aromatic carbocycles. The minimum atomic E-state index is -0.715. The summed E-state index contributed by atoms with van der Waals surface area (Å²) < 4.78 is 18.0. The molecule has 5 nitrogen and oxygen atoms in total. The van der Waals surface area contributed by atoms with Crippen LogP contribution >= 0.6 is 0 Å². The number of carbonyl (C=O) groups excluding carboxylic acids is 1. The van der Waals surface area contributed by atoms with E-state index < -0.39 is 11.7 Å². The van der Waals surface area contributed by atoms with Crippen LogP contribution in [0.15, 0.2) is 18.5 Å². The van der Waals surface area contributed by atoms with Crippen molar-refractivity contribution in [2.45, 2.75) is 32.8 Å². The summed E-state index contributed by atoms with van der Waals surface area (Å²) in [5, 5.41) is 0. The molecule has 0 N–H and O–H groups in total. The number of likely N-dealkylation sites (tertiary alicyclic amines) is 1. The summed E-state index contributed by atoms with van der Waals surface area (Å²) in [7, 11) is 0. The highest BCUT2D eigenvalue weighted by Crippen LogP contribution is 2.50. The summed E-state index contributed by atoms with van der Waals surface area (Å²) in [6.07, 6.45) is 5.00. The first-order valence-corrected chi connectivity index (χ1v) is 6.94. The fourth-order valence-electron chi connectivity index (χ4n) is 2.76. The van der Waals surface area contributed by atoms with E-state index in [1.54, 1.807) is 4.90 Å². The maximum atomic E-state index is 12.7. The van der Waals surface area contributed by atoms with Gasteiger partial charge >= 0.3 is 12.2 Å². The van der Waals surface area contributed by atoms with Gasteiger partial charge in [0.1, 0.15) is 5.60 Å². The third-order valence-corrected chi connectivity index (χ3v) is 3.68. The molecule has 1 aromatic heterocycles. The number of halogens is 1. The summed E-state index contributed by atoms with van der Waals surface area (Å²) in [6, 6.07) is 0. The second-order valence-electron chi connectivity index (χ2n) is 6.79. The number of aromatic nitrogens is 2. The monoisotopic (exact) mass is 291 g/mol. The Bertz CT molecular complexity index is 598. The quantitative estimate of drug-likeness (QED) is 0.746. The molecular weight excluding hydrogens is 273 g/mol. The molecule has 0 saturated carbocycles. The Morgan fingerprint density at radius 2 is 1.90 bits per heavy atom. The van der Waals surface area contributed by atoms with Crippen LogP contribution in [0.4, 0.5) is 9.18 Å². The Balaban J connectivity index is 1.58. The van der Waals surface area contributed by atoms with Crippen molar-refractivity contribution in [1.82, 2.24) is 14.9 Å². The van der Waals surface area contributed by atoms with Crippen LogP contribution in [0.1, 0.15) is 32.8 Å². The molecule has 1 aliphatic heterocycles. The van der Waals surface area contributed by atoms with E-state index in [0.29, 0.717) is 13.1 Å². The van der Waals surface area contributed by atoms with Crippen molar-refractivity contribution in [3.05, 3.63) is 30.1 Å². The fraction of sp³-hybridized carbons (Fsp3) is 0.533. The summed E-state index contributed by atoms with van der Waals surface area (Å²) in [4.78, 5) is 20.7. The van der Waals surface area contributed by atoms with Crippen molar-refractivity contribution in [2.75, 3.05) is 13.1 Å². The van der Waals surface area contributed by atoms with Gasteiger partial charge in [-0.15, -0.1) is 0 Å². The van der Waals surface area contributed by atoms with Crippen molar-refractivity contribution in [3.8, 4) is 0 Å². The molecule has 0 bridgehead atoms. The maximum Gasteiger partial charge on any atom is 0.410 e. The van der Waals surface area contributed by atoms with Gasteiger partial charge in [-0.2, -0.15) is 4.39 Å². The van der Waals surface area contributed by atoms with Gasteiger partial charge in [0.15, 0.2) is 0 Å². The van der Waals surface area contributed by atoms with Gasteiger partial charge in [-0.25, -0.2) is 14.8 Å². The maximum absolute atomic E-state index is 12.7. The van der Waals surface area contributed by atoms with Crippen LogP contribution < -0.4 is 0 Å². The van der Waals surface area contributed by atoms with E-state index in [4.69, 9.17) is 4.74 Å². The van der Waals surface area contributed by atoms with Gasteiger partial charge in [-0.05, 0) is 32.8 Å². The average molecular weight is 291 g/mol. The number of hydrogen-bond acceptors (Lipinski definition) is 4. The third kappa shape index (κ3) is 2.75. The molecule has 1 fully saturated rings. The molecule has 1 spiro atoms. The van der Waals surface area contributed by atoms with Gasteiger partial charge in [0.2, 0.25) is 0 Å². The highest BCUT2D eigenvalue weighted by molar-refractivity contribution is 5.76. The first-order valence-electron chi connectivity index (χ1n) is 6.94. The first kappa shape index (κ1) is 14.0. The minimum Gasteiger partial charge on any atom is -0.444 e. The molecule has 2 heterocycles. The number of ether oxygens (including phenoxy) is 1. The zero-order chi connectivity index (χ0) is 15.3. The molecular formula is C15H18FN3O2. The van der Waals surface area contributed by atoms with E-state index in [9.17, 15) is 9.18 Å². The lowest BCUT2D eigenvalue weighted by Gasteiger charge is -2.53. The smallest absolute Gasteiger partial charge is 0.410 e. The number of carbonyl (C=O) groups is 1. The van der Waals surface area contributed by atoms with Gasteiger partial charge in [0.25, 0.3) is 0 Å². The Morgan fingerprint density at radius 3 is 2.43 bits per heavy atom. The van der Waals surface area contributed by atoms with Gasteiger partial charge in [0, 0.05) is 36.5 Å². The van der Waals surface area contributed by atoms with Gasteiger partial charge in [-0.1, -0.05) is 6.08 Å². The Kier molecular flexibility index (Phi) is 3.00. The van der Waals surface area contributed by atoms with Crippen molar-refractivity contribution in [1.29, 1.82) is 0 Å². The Hall–Kier alpha value is -1.98. The van der Waals surface area contributed by atoms with Crippen molar-refractivity contribution in [2.24, 2.45) is 5.41 Å². The van der Waals surface area contributed by atoms with E-state index in [1.807, 2.05) is 20.8 Å². The minimum absolute atomic E-state index is 0.0562. The molecule has 0 unspecified atom stereocenters. The predicted octanol–water partition coefficient (Wildman–Crippen LogP) is 2.64. The van der Waals surface area contributed by atoms with Gasteiger partial charge in [0.05, 0.1) is 0 Å². The topological polar surface area (TPSA) is 55.3 Å². The van der Waals surface area contributed by atoms with Gasteiger partial charge < -0.3 is 9.64 Å². The standard InChI is InChI=1S/C15H18FN3O2/c1-14(2,3)21-13(20)19-8-15(9-19)4-10(5-15)11-6-17-12(16)18-7-11/h4,6-7H,5,8-9H2,1-3H3. The molecule has 21 heavy (non-hydrogen) atoms. The number of rotatable bonds is 1. The Labute approximate surface area is 122 Å². The average Bonchev–Trinajstić information content (AvgIpc) is 2.25. The lowest BCUT2D eigenvalue weighted by atomic mass is 9.64. The molecule has 112 valence electrons. The zero-order valence-corrected chi connectivity index (χ0v) is 12.4. The van der Waals surface area contributed by atoms with E-state index in [-0.39, 0.29) is 11.5 Å². The highest BCUT2D eigenvalue weighted by Gasteiger charge is 2.50. The molecule has 6 heteroatoms. The van der Waals surface area contributed by atoms with Crippen molar-refractivity contribution >= 4 is 11.7 Å². The summed E-state index contributed by atoms with van der Waals surface area (Å²) in [5.41, 5.74) is 1.54. The highest BCUT2D eigenvalue weighted by atomic mass is 19.1. The van der Waals surface area contributed by atoms with Crippen LogP contribution in [0.25, 0.3) is 5.57 Å². The molecule has 1 aliphatic carbocycles. The van der Waals surface area contributed by atoms with Gasteiger partial charge in [-0.3, -0.25) is 0 Å². The molecule has 0 radical (unpaired) electrons. The van der Waals surface area contributed by atoms with Crippen LogP contribution in [0.3, 0.4) is 0 Å². The Morgan fingerprint density at radius 1 is 1.33 bits per heavy atom. The number of amides is 1. The normalized spacial score (nSPS) is 19.6.